The van der Waals surface area contributed by atoms with Crippen LogP contribution in [-0.4, -0.2) is 25.1 Å². The molecule has 1 N–H and O–H groups in total. The molecule has 0 heterocycles. The number of anilines is 1. The van der Waals surface area contributed by atoms with Gasteiger partial charge in [-0.2, -0.15) is 13.2 Å². The van der Waals surface area contributed by atoms with Crippen molar-refractivity contribution in [1.29, 1.82) is 0 Å². The second-order valence-electron chi connectivity index (χ2n) is 5.03. The second kappa shape index (κ2) is 8.57. The summed E-state index contributed by atoms with van der Waals surface area (Å²) in [6, 6.07) is 10.2. The Labute approximate surface area is 151 Å². The van der Waals surface area contributed by atoms with Crippen LogP contribution in [0.1, 0.15) is 5.56 Å². The first-order valence-electron chi connectivity index (χ1n) is 7.25. The molecule has 1 amide bonds. The van der Waals surface area contributed by atoms with Gasteiger partial charge in [-0.15, -0.1) is 0 Å². The van der Waals surface area contributed by atoms with E-state index in [4.69, 9.17) is 21.1 Å². The Morgan fingerprint density at radius 3 is 2.15 bits per heavy atom. The Hall–Kier alpha value is -2.74. The largest absolute Gasteiger partial charge is 0.482 e. The Morgan fingerprint density at radius 1 is 0.962 bits per heavy atom. The normalized spacial score (nSPS) is 10.9. The fourth-order valence-corrected chi connectivity index (χ4v) is 1.93. The van der Waals surface area contributed by atoms with E-state index in [1.165, 1.54) is 0 Å². The summed E-state index contributed by atoms with van der Waals surface area (Å²) < 4.78 is 47.2. The maximum Gasteiger partial charge on any atom is 0.416 e. The van der Waals surface area contributed by atoms with Crippen molar-refractivity contribution >= 4 is 29.2 Å². The summed E-state index contributed by atoms with van der Waals surface area (Å²) in [6.07, 6.45) is -4.46. The van der Waals surface area contributed by atoms with Crippen LogP contribution in [0.25, 0.3) is 0 Å². The SMILES string of the molecule is O=C(COC(=O)COc1ccc(Cl)cc1)Nc1ccc(C(F)(F)F)cc1. The zero-order valence-electron chi connectivity index (χ0n) is 13.2. The predicted octanol–water partition coefficient (Wildman–Crippen LogP) is 3.92. The first-order chi connectivity index (χ1) is 12.2. The Bertz CT molecular complexity index is 761. The van der Waals surface area contributed by atoms with Gasteiger partial charge < -0.3 is 14.8 Å². The molecule has 26 heavy (non-hydrogen) atoms. The third kappa shape index (κ3) is 6.29. The average Bonchev–Trinajstić information content (AvgIpc) is 2.59. The van der Waals surface area contributed by atoms with Gasteiger partial charge in [0, 0.05) is 10.7 Å². The molecule has 0 saturated carbocycles. The van der Waals surface area contributed by atoms with Gasteiger partial charge in [0.05, 0.1) is 5.56 Å². The van der Waals surface area contributed by atoms with Gasteiger partial charge in [0.2, 0.25) is 0 Å². The molecule has 2 aromatic rings. The van der Waals surface area contributed by atoms with Gasteiger partial charge >= 0.3 is 12.1 Å². The van der Waals surface area contributed by atoms with Crippen LogP contribution in [0.5, 0.6) is 5.75 Å². The summed E-state index contributed by atoms with van der Waals surface area (Å²) in [5.74, 6) is -1.06. The predicted molar refractivity (Wildman–Crippen MR) is 88.0 cm³/mol. The Morgan fingerprint density at radius 2 is 1.58 bits per heavy atom. The van der Waals surface area contributed by atoms with Crippen LogP contribution in [-0.2, 0) is 20.5 Å². The molecule has 0 atom stereocenters. The van der Waals surface area contributed by atoms with Crippen LogP contribution in [0.2, 0.25) is 5.02 Å². The summed E-state index contributed by atoms with van der Waals surface area (Å²) in [7, 11) is 0. The highest BCUT2D eigenvalue weighted by Crippen LogP contribution is 2.29. The van der Waals surface area contributed by atoms with Crippen LogP contribution in [0.3, 0.4) is 0 Å². The molecule has 2 aromatic carbocycles. The molecule has 0 aromatic heterocycles. The number of hydrogen-bond donors (Lipinski definition) is 1. The number of alkyl halides is 3. The molecule has 0 aliphatic heterocycles. The van der Waals surface area contributed by atoms with Gasteiger partial charge in [-0.3, -0.25) is 4.79 Å². The van der Waals surface area contributed by atoms with Gasteiger partial charge in [-0.1, -0.05) is 11.6 Å². The van der Waals surface area contributed by atoms with Crippen molar-refractivity contribution in [2.45, 2.75) is 6.18 Å². The van der Waals surface area contributed by atoms with Gasteiger partial charge in [0.15, 0.2) is 13.2 Å². The summed E-state index contributed by atoms with van der Waals surface area (Å²) in [5, 5.41) is 2.83. The van der Waals surface area contributed by atoms with Crippen molar-refractivity contribution in [3.8, 4) is 5.75 Å². The summed E-state index contributed by atoms with van der Waals surface area (Å²) in [4.78, 5) is 23.2. The zero-order valence-corrected chi connectivity index (χ0v) is 13.9. The van der Waals surface area contributed by atoms with Gasteiger partial charge in [0.25, 0.3) is 5.91 Å². The molecule has 0 fully saturated rings. The molecule has 0 aliphatic carbocycles. The Balaban J connectivity index is 1.74. The fourth-order valence-electron chi connectivity index (χ4n) is 1.80. The Kier molecular flexibility index (Phi) is 6.46. The van der Waals surface area contributed by atoms with Crippen molar-refractivity contribution in [3.05, 3.63) is 59.1 Å². The minimum Gasteiger partial charge on any atom is -0.482 e. The highest BCUT2D eigenvalue weighted by atomic mass is 35.5. The lowest BCUT2D eigenvalue weighted by molar-refractivity contribution is -0.149. The minimum atomic E-state index is -4.46. The molecule has 0 bridgehead atoms. The first kappa shape index (κ1) is 19.6. The van der Waals surface area contributed by atoms with E-state index < -0.39 is 36.8 Å². The average molecular weight is 388 g/mol. The molecule has 138 valence electrons. The number of esters is 1. The number of nitrogens with one attached hydrogen (secondary N) is 1. The summed E-state index contributed by atoms with van der Waals surface area (Å²) >= 11 is 5.71. The van der Waals surface area contributed by atoms with E-state index in [1.807, 2.05) is 0 Å². The number of halogens is 4. The number of amides is 1. The maximum absolute atomic E-state index is 12.4. The standard InChI is InChI=1S/C17H13ClF3NO4/c18-12-3-7-14(8-4-12)25-10-16(24)26-9-15(23)22-13-5-1-11(2-6-13)17(19,20)21/h1-8H,9-10H2,(H,22,23). The van der Waals surface area contributed by atoms with E-state index in [-0.39, 0.29) is 5.69 Å². The van der Waals surface area contributed by atoms with Crippen LogP contribution in [0, 0.1) is 0 Å². The maximum atomic E-state index is 12.4. The molecular formula is C17H13ClF3NO4. The molecule has 9 heteroatoms. The van der Waals surface area contributed by atoms with Crippen LogP contribution in [0.4, 0.5) is 18.9 Å². The number of benzene rings is 2. The number of carbonyl (C=O) groups excluding carboxylic acids is 2. The van der Waals surface area contributed by atoms with Crippen molar-refractivity contribution in [2.75, 3.05) is 18.5 Å². The van der Waals surface area contributed by atoms with Crippen molar-refractivity contribution in [1.82, 2.24) is 0 Å². The minimum absolute atomic E-state index is 0.150. The fraction of sp³-hybridized carbons (Fsp3) is 0.176. The molecule has 0 saturated heterocycles. The zero-order chi connectivity index (χ0) is 19.2. The summed E-state index contributed by atoms with van der Waals surface area (Å²) in [5.41, 5.74) is -0.683. The quantitative estimate of drug-likeness (QED) is 0.763. The molecular weight excluding hydrogens is 375 g/mol. The molecule has 0 spiro atoms. The number of carbonyl (C=O) groups is 2. The second-order valence-corrected chi connectivity index (χ2v) is 5.46. The summed E-state index contributed by atoms with van der Waals surface area (Å²) in [6.45, 7) is -1.00. The van der Waals surface area contributed by atoms with Crippen LogP contribution in [0.15, 0.2) is 48.5 Å². The molecule has 0 unspecified atom stereocenters. The lowest BCUT2D eigenvalue weighted by Gasteiger charge is -2.09. The van der Waals surface area contributed by atoms with Gasteiger partial charge in [-0.05, 0) is 48.5 Å². The molecule has 0 radical (unpaired) electrons. The number of hydrogen-bond acceptors (Lipinski definition) is 4. The monoisotopic (exact) mass is 387 g/mol. The van der Waals surface area contributed by atoms with E-state index in [2.05, 4.69) is 5.32 Å². The van der Waals surface area contributed by atoms with Crippen molar-refractivity contribution < 1.29 is 32.2 Å². The van der Waals surface area contributed by atoms with Gasteiger partial charge in [0.1, 0.15) is 5.75 Å². The first-order valence-corrected chi connectivity index (χ1v) is 7.63. The topological polar surface area (TPSA) is 64.6 Å². The number of rotatable bonds is 6. The van der Waals surface area contributed by atoms with E-state index in [9.17, 15) is 22.8 Å². The smallest absolute Gasteiger partial charge is 0.416 e. The third-order valence-corrected chi connectivity index (χ3v) is 3.28. The third-order valence-electron chi connectivity index (χ3n) is 3.03. The highest BCUT2D eigenvalue weighted by Gasteiger charge is 2.29. The van der Waals surface area contributed by atoms with Crippen LogP contribution < -0.4 is 10.1 Å². The van der Waals surface area contributed by atoms with Crippen molar-refractivity contribution in [3.63, 3.8) is 0 Å². The van der Waals surface area contributed by atoms with Crippen LogP contribution >= 0.6 is 11.6 Å². The highest BCUT2D eigenvalue weighted by molar-refractivity contribution is 6.30. The lowest BCUT2D eigenvalue weighted by atomic mass is 10.2. The van der Waals surface area contributed by atoms with Crippen molar-refractivity contribution in [2.24, 2.45) is 0 Å². The molecule has 2 rings (SSSR count). The lowest BCUT2D eigenvalue weighted by Crippen LogP contribution is -2.23. The molecule has 5 nitrogen and oxygen atoms in total. The molecule has 0 aliphatic rings. The van der Waals surface area contributed by atoms with E-state index in [1.54, 1.807) is 24.3 Å². The van der Waals surface area contributed by atoms with E-state index in [0.29, 0.717) is 10.8 Å². The number of ether oxygens (including phenoxy) is 2. The van der Waals surface area contributed by atoms with E-state index in [0.717, 1.165) is 24.3 Å². The van der Waals surface area contributed by atoms with Gasteiger partial charge in [-0.25, -0.2) is 4.79 Å². The van der Waals surface area contributed by atoms with E-state index >= 15 is 0 Å².